The number of pyridine rings is 1. The van der Waals surface area contributed by atoms with Gasteiger partial charge < -0.3 is 18.7 Å². The fourth-order valence-corrected chi connectivity index (χ4v) is 3.87. The van der Waals surface area contributed by atoms with Crippen molar-refractivity contribution in [3.05, 3.63) is 74.8 Å². The molecular formula is C20H17N3O7S. The van der Waals surface area contributed by atoms with E-state index in [1.807, 2.05) is 6.07 Å². The Balaban J connectivity index is 1.49. The van der Waals surface area contributed by atoms with Crippen molar-refractivity contribution in [1.82, 2.24) is 10.1 Å². The first kappa shape index (κ1) is 20.8. The molecule has 0 atom stereocenters. The second-order valence-electron chi connectivity index (χ2n) is 6.61. The molecule has 0 radical (unpaired) electrons. The average molecular weight is 443 g/mol. The molecule has 1 aromatic carbocycles. The molecule has 0 bridgehead atoms. The highest BCUT2D eigenvalue weighted by molar-refractivity contribution is 7.98. The third kappa shape index (κ3) is 4.84. The first-order chi connectivity index (χ1) is 15.0. The highest BCUT2D eigenvalue weighted by Crippen LogP contribution is 2.33. The smallest absolute Gasteiger partial charge is 0.341 e. The van der Waals surface area contributed by atoms with E-state index in [9.17, 15) is 14.9 Å². The van der Waals surface area contributed by atoms with E-state index in [4.69, 9.17) is 18.7 Å². The number of hydrogen-bond acceptors (Lipinski definition) is 10. The maximum absolute atomic E-state index is 12.7. The van der Waals surface area contributed by atoms with Crippen molar-refractivity contribution in [1.29, 1.82) is 0 Å². The Kier molecular flexibility index (Phi) is 6.14. The van der Waals surface area contributed by atoms with Gasteiger partial charge in [-0.25, -0.2) is 9.78 Å². The molecule has 31 heavy (non-hydrogen) atoms. The summed E-state index contributed by atoms with van der Waals surface area (Å²) in [6.45, 7) is 1.82. The number of benzene rings is 1. The zero-order valence-electron chi connectivity index (χ0n) is 16.4. The number of rotatable bonds is 7. The predicted molar refractivity (Wildman–Crippen MR) is 108 cm³/mol. The Hall–Kier alpha value is -3.44. The van der Waals surface area contributed by atoms with E-state index in [-0.39, 0.29) is 31.3 Å². The molecule has 0 spiro atoms. The van der Waals surface area contributed by atoms with Gasteiger partial charge in [-0.1, -0.05) is 16.9 Å². The van der Waals surface area contributed by atoms with Gasteiger partial charge in [-0.15, -0.1) is 0 Å². The Morgan fingerprint density at radius 1 is 1.35 bits per heavy atom. The lowest BCUT2D eigenvalue weighted by Crippen LogP contribution is -2.15. The Morgan fingerprint density at radius 2 is 2.23 bits per heavy atom. The van der Waals surface area contributed by atoms with Crippen LogP contribution < -0.4 is 4.74 Å². The van der Waals surface area contributed by atoms with Crippen molar-refractivity contribution in [2.24, 2.45) is 0 Å². The van der Waals surface area contributed by atoms with Gasteiger partial charge in [-0.2, -0.15) is 0 Å². The molecular weight excluding hydrogens is 426 g/mol. The molecule has 11 heteroatoms. The topological polar surface area (TPSA) is 127 Å². The quantitative estimate of drug-likeness (QED) is 0.230. The van der Waals surface area contributed by atoms with Crippen LogP contribution in [-0.2, 0) is 28.4 Å². The molecule has 0 N–H and O–H groups in total. The minimum absolute atomic E-state index is 0.0245. The summed E-state index contributed by atoms with van der Waals surface area (Å²) < 4.78 is 21.1. The fraction of sp³-hybridized carbons (Fsp3) is 0.250. The highest BCUT2D eigenvalue weighted by atomic mass is 32.2. The van der Waals surface area contributed by atoms with Crippen LogP contribution in [0.5, 0.6) is 5.75 Å². The van der Waals surface area contributed by atoms with Crippen molar-refractivity contribution < 1.29 is 28.5 Å². The molecule has 0 unspecified atom stereocenters. The minimum Gasteiger partial charge on any atom is -0.467 e. The number of carbonyl (C=O) groups excluding carboxylic acids is 1. The summed E-state index contributed by atoms with van der Waals surface area (Å²) in [6, 6.07) is 7.78. The van der Waals surface area contributed by atoms with Crippen LogP contribution in [-0.4, -0.2) is 27.8 Å². The Labute approximate surface area is 180 Å². The van der Waals surface area contributed by atoms with E-state index in [1.165, 1.54) is 23.9 Å². The monoisotopic (exact) mass is 443 g/mol. The number of carbonyl (C=O) groups is 1. The third-order valence-corrected chi connectivity index (χ3v) is 5.40. The molecule has 2 aromatic heterocycles. The first-order valence-corrected chi connectivity index (χ1v) is 10.2. The zero-order valence-corrected chi connectivity index (χ0v) is 17.2. The molecule has 0 saturated carbocycles. The summed E-state index contributed by atoms with van der Waals surface area (Å²) >= 11 is 1.33. The van der Waals surface area contributed by atoms with Gasteiger partial charge in [0.2, 0.25) is 0 Å². The normalized spacial score (nSPS) is 12.7. The SMILES string of the molecule is Cc1cc(CSc2ncccc2C(=O)OCc2cc([N+](=O)[O-])cc3c2OCOC3)no1. The van der Waals surface area contributed by atoms with E-state index in [1.54, 1.807) is 25.3 Å². The van der Waals surface area contributed by atoms with Crippen LogP contribution in [0, 0.1) is 17.0 Å². The van der Waals surface area contributed by atoms with Gasteiger partial charge in [0.15, 0.2) is 6.79 Å². The number of non-ortho nitro benzene ring substituents is 1. The molecule has 0 saturated heterocycles. The summed E-state index contributed by atoms with van der Waals surface area (Å²) in [5, 5.41) is 15.6. The number of ether oxygens (including phenoxy) is 3. The lowest BCUT2D eigenvalue weighted by Gasteiger charge is -2.20. The summed E-state index contributed by atoms with van der Waals surface area (Å²) in [5.74, 6) is 1.01. The number of thioether (sulfide) groups is 1. The summed E-state index contributed by atoms with van der Waals surface area (Å²) in [7, 11) is 0. The number of aromatic nitrogens is 2. The maximum Gasteiger partial charge on any atom is 0.341 e. The van der Waals surface area contributed by atoms with Crippen molar-refractivity contribution >= 4 is 23.4 Å². The molecule has 160 valence electrons. The van der Waals surface area contributed by atoms with Gasteiger partial charge in [0.1, 0.15) is 23.1 Å². The van der Waals surface area contributed by atoms with Gasteiger partial charge in [-0.3, -0.25) is 10.1 Å². The van der Waals surface area contributed by atoms with Crippen molar-refractivity contribution in [2.75, 3.05) is 6.79 Å². The van der Waals surface area contributed by atoms with Crippen LogP contribution >= 0.6 is 11.8 Å². The number of hydrogen-bond donors (Lipinski definition) is 0. The van der Waals surface area contributed by atoms with Crippen molar-refractivity contribution in [3.63, 3.8) is 0 Å². The number of nitrogens with zero attached hydrogens (tertiary/aromatic N) is 3. The van der Waals surface area contributed by atoms with Gasteiger partial charge in [0.25, 0.3) is 5.69 Å². The van der Waals surface area contributed by atoms with Crippen molar-refractivity contribution in [2.45, 2.75) is 30.9 Å². The van der Waals surface area contributed by atoms with E-state index >= 15 is 0 Å². The lowest BCUT2D eigenvalue weighted by molar-refractivity contribution is -0.385. The zero-order chi connectivity index (χ0) is 21.8. The van der Waals surface area contributed by atoms with Crippen LogP contribution in [0.25, 0.3) is 0 Å². The van der Waals surface area contributed by atoms with Crippen LogP contribution in [0.15, 0.2) is 46.1 Å². The largest absolute Gasteiger partial charge is 0.467 e. The molecule has 0 aliphatic carbocycles. The molecule has 0 fully saturated rings. The van der Waals surface area contributed by atoms with Crippen molar-refractivity contribution in [3.8, 4) is 5.75 Å². The summed E-state index contributed by atoms with van der Waals surface area (Å²) in [4.78, 5) is 27.7. The average Bonchev–Trinajstić information content (AvgIpc) is 3.20. The number of esters is 1. The summed E-state index contributed by atoms with van der Waals surface area (Å²) in [6.07, 6.45) is 1.58. The van der Waals surface area contributed by atoms with Gasteiger partial charge in [0, 0.05) is 41.3 Å². The first-order valence-electron chi connectivity index (χ1n) is 9.19. The lowest BCUT2D eigenvalue weighted by atomic mass is 10.1. The molecule has 1 aliphatic rings. The number of nitro benzene ring substituents is 1. The van der Waals surface area contributed by atoms with E-state index < -0.39 is 10.9 Å². The second-order valence-corrected chi connectivity index (χ2v) is 7.57. The minimum atomic E-state index is -0.598. The number of aryl methyl sites for hydroxylation is 1. The second kappa shape index (κ2) is 9.14. The molecule has 0 amide bonds. The number of fused-ring (bicyclic) bond motifs is 1. The molecule has 4 rings (SSSR count). The van der Waals surface area contributed by atoms with Crippen LogP contribution in [0.1, 0.15) is 32.9 Å². The van der Waals surface area contributed by atoms with E-state index in [0.29, 0.717) is 33.4 Å². The molecule has 10 nitrogen and oxygen atoms in total. The third-order valence-electron chi connectivity index (χ3n) is 4.37. The van der Waals surface area contributed by atoms with Crippen LogP contribution in [0.4, 0.5) is 5.69 Å². The van der Waals surface area contributed by atoms with Crippen LogP contribution in [0.2, 0.25) is 0 Å². The van der Waals surface area contributed by atoms with Gasteiger partial charge in [-0.05, 0) is 19.1 Å². The molecule has 1 aliphatic heterocycles. The molecule has 3 heterocycles. The molecule has 3 aromatic rings. The van der Waals surface area contributed by atoms with Crippen LogP contribution in [0.3, 0.4) is 0 Å². The summed E-state index contributed by atoms with van der Waals surface area (Å²) in [5.41, 5.74) is 1.83. The Morgan fingerprint density at radius 3 is 3.00 bits per heavy atom. The number of nitro groups is 1. The predicted octanol–water partition coefficient (Wildman–Crippen LogP) is 3.80. The Bertz CT molecular complexity index is 1130. The maximum atomic E-state index is 12.7. The highest BCUT2D eigenvalue weighted by Gasteiger charge is 2.23. The van der Waals surface area contributed by atoms with E-state index in [2.05, 4.69) is 10.1 Å². The van der Waals surface area contributed by atoms with Gasteiger partial charge >= 0.3 is 5.97 Å². The van der Waals surface area contributed by atoms with Gasteiger partial charge in [0.05, 0.1) is 22.8 Å². The van der Waals surface area contributed by atoms with E-state index in [0.717, 1.165) is 5.69 Å². The fourth-order valence-electron chi connectivity index (χ4n) is 3.00. The standard InChI is InChI=1S/C20H17N3O7S/c1-12-5-15(22-30-12)10-31-19-17(3-2-4-21-19)20(24)28-9-14-7-16(23(25)26)6-13-8-27-11-29-18(13)14/h2-7H,8-11H2,1H3.